The van der Waals surface area contributed by atoms with Gasteiger partial charge in [-0.05, 0) is 25.5 Å². The molecule has 0 atom stereocenters. The molecule has 2 amide bonds. The molecule has 1 rings (SSSR count). The maximum atomic E-state index is 11.9. The number of nitrogens with one attached hydrogen (secondary N) is 2. The molecule has 1 aromatic rings. The summed E-state index contributed by atoms with van der Waals surface area (Å²) in [5, 5.41) is 3.92. The van der Waals surface area contributed by atoms with E-state index in [-0.39, 0.29) is 13.0 Å². The van der Waals surface area contributed by atoms with Crippen LogP contribution in [-0.4, -0.2) is 44.3 Å². The van der Waals surface area contributed by atoms with Crippen LogP contribution in [0.4, 0.5) is 13.2 Å². The Kier molecular flexibility index (Phi) is 8.59. The largest absolute Gasteiger partial charge is 0.490 e. The lowest BCUT2D eigenvalue weighted by Gasteiger charge is -2.11. The average molecular weight is 362 g/mol. The van der Waals surface area contributed by atoms with Gasteiger partial charge >= 0.3 is 6.18 Å². The number of amides is 2. The van der Waals surface area contributed by atoms with Crippen LogP contribution in [0.3, 0.4) is 0 Å². The summed E-state index contributed by atoms with van der Waals surface area (Å²) in [4.78, 5) is 22.7. The van der Waals surface area contributed by atoms with Gasteiger partial charge in [0, 0.05) is 6.42 Å². The van der Waals surface area contributed by atoms with Crippen molar-refractivity contribution in [2.75, 3.05) is 26.3 Å². The number of rotatable bonds is 10. The highest BCUT2D eigenvalue weighted by molar-refractivity contribution is 5.84. The van der Waals surface area contributed by atoms with Crippen LogP contribution in [0.5, 0.6) is 11.5 Å². The van der Waals surface area contributed by atoms with Gasteiger partial charge in [0.1, 0.15) is 6.54 Å². The number of halogens is 3. The molecule has 25 heavy (non-hydrogen) atoms. The van der Waals surface area contributed by atoms with E-state index in [2.05, 4.69) is 5.32 Å². The molecule has 0 aliphatic carbocycles. The predicted octanol–water partition coefficient (Wildman–Crippen LogP) is 2.04. The summed E-state index contributed by atoms with van der Waals surface area (Å²) < 4.78 is 46.7. The first kappa shape index (κ1) is 20.6. The Hall–Kier alpha value is -2.45. The quantitative estimate of drug-likeness (QED) is 0.625. The number of carbonyl (C=O) groups excluding carboxylic acids is 2. The molecule has 140 valence electrons. The minimum atomic E-state index is -4.48. The van der Waals surface area contributed by atoms with Gasteiger partial charge in [0.15, 0.2) is 11.5 Å². The zero-order chi connectivity index (χ0) is 18.7. The number of alkyl halides is 3. The number of benzene rings is 1. The third-order valence-electron chi connectivity index (χ3n) is 2.89. The summed E-state index contributed by atoms with van der Waals surface area (Å²) in [5.74, 6) is -0.163. The van der Waals surface area contributed by atoms with Crippen LogP contribution in [0.2, 0.25) is 0 Å². The maximum absolute atomic E-state index is 11.9. The number of carbonyl (C=O) groups is 2. The lowest BCUT2D eigenvalue weighted by molar-refractivity contribution is -0.138. The molecule has 0 spiro atoms. The Morgan fingerprint density at radius 3 is 2.28 bits per heavy atom. The van der Waals surface area contributed by atoms with Gasteiger partial charge in [-0.25, -0.2) is 0 Å². The first-order valence-electron chi connectivity index (χ1n) is 7.76. The van der Waals surface area contributed by atoms with Crippen molar-refractivity contribution in [1.82, 2.24) is 10.6 Å². The van der Waals surface area contributed by atoms with Gasteiger partial charge in [0.25, 0.3) is 0 Å². The highest BCUT2D eigenvalue weighted by Gasteiger charge is 2.27. The van der Waals surface area contributed by atoms with Crippen molar-refractivity contribution in [3.05, 3.63) is 24.3 Å². The van der Waals surface area contributed by atoms with Crippen molar-refractivity contribution >= 4 is 11.8 Å². The molecule has 1 aromatic carbocycles. The first-order valence-corrected chi connectivity index (χ1v) is 7.76. The Labute approximate surface area is 143 Å². The molecule has 6 nitrogen and oxygen atoms in total. The number of para-hydroxylation sites is 2. The average Bonchev–Trinajstić information content (AvgIpc) is 2.56. The van der Waals surface area contributed by atoms with Crippen molar-refractivity contribution in [1.29, 1.82) is 0 Å². The van der Waals surface area contributed by atoms with Gasteiger partial charge in [-0.1, -0.05) is 12.1 Å². The molecule has 2 N–H and O–H groups in total. The highest BCUT2D eigenvalue weighted by Crippen LogP contribution is 2.26. The summed E-state index contributed by atoms with van der Waals surface area (Å²) in [6.45, 7) is 0.695. The lowest BCUT2D eigenvalue weighted by atomic mass is 10.3. The Bertz CT molecular complexity index is 565. The molecule has 0 aliphatic rings. The smallest absolute Gasteiger partial charge is 0.405 e. The zero-order valence-electron chi connectivity index (χ0n) is 13.8. The van der Waals surface area contributed by atoms with Crippen molar-refractivity contribution in [2.45, 2.75) is 25.9 Å². The second-order valence-corrected chi connectivity index (χ2v) is 5.00. The van der Waals surface area contributed by atoms with Crippen LogP contribution < -0.4 is 20.1 Å². The van der Waals surface area contributed by atoms with E-state index in [0.717, 1.165) is 0 Å². The molecule has 0 saturated carbocycles. The first-order chi connectivity index (χ1) is 11.8. The number of ether oxygens (including phenoxy) is 2. The van der Waals surface area contributed by atoms with Gasteiger partial charge in [-0.3, -0.25) is 9.59 Å². The monoisotopic (exact) mass is 362 g/mol. The lowest BCUT2D eigenvalue weighted by Crippen LogP contribution is -2.40. The number of hydrogen-bond donors (Lipinski definition) is 2. The molecule has 0 bridgehead atoms. The van der Waals surface area contributed by atoms with Crippen LogP contribution in [0.1, 0.15) is 19.8 Å². The van der Waals surface area contributed by atoms with E-state index in [4.69, 9.17) is 9.47 Å². The Morgan fingerprint density at radius 1 is 1.04 bits per heavy atom. The van der Waals surface area contributed by atoms with Gasteiger partial charge in [0.2, 0.25) is 11.8 Å². The van der Waals surface area contributed by atoms with Crippen LogP contribution in [0.25, 0.3) is 0 Å². The van der Waals surface area contributed by atoms with Gasteiger partial charge < -0.3 is 20.1 Å². The fourth-order valence-electron chi connectivity index (χ4n) is 1.79. The summed E-state index contributed by atoms with van der Waals surface area (Å²) >= 11 is 0. The van der Waals surface area contributed by atoms with E-state index in [1.165, 1.54) is 0 Å². The molecule has 0 aliphatic heterocycles. The predicted molar refractivity (Wildman–Crippen MR) is 84.4 cm³/mol. The molecular formula is C16H21F3N2O4. The number of hydrogen-bond acceptors (Lipinski definition) is 4. The molecular weight excluding hydrogens is 341 g/mol. The van der Waals surface area contributed by atoms with Crippen molar-refractivity contribution in [3.8, 4) is 11.5 Å². The summed E-state index contributed by atoms with van der Waals surface area (Å²) in [6, 6.07) is 7.13. The maximum Gasteiger partial charge on any atom is 0.405 e. The van der Waals surface area contributed by atoms with Crippen molar-refractivity contribution in [3.63, 3.8) is 0 Å². The third-order valence-corrected chi connectivity index (χ3v) is 2.89. The molecule has 0 radical (unpaired) electrons. The van der Waals surface area contributed by atoms with E-state index in [0.29, 0.717) is 24.5 Å². The standard InChI is InChI=1S/C16H21F3N2O4/c1-2-24-12-6-3-4-7-13(12)25-9-5-8-14(22)20-10-15(23)21-11-16(17,18)19/h3-4,6-7H,2,5,8-11H2,1H3,(H,20,22)(H,21,23). The molecule has 0 unspecified atom stereocenters. The Morgan fingerprint density at radius 2 is 1.68 bits per heavy atom. The fraction of sp³-hybridized carbons (Fsp3) is 0.500. The second-order valence-electron chi connectivity index (χ2n) is 5.00. The second kappa shape index (κ2) is 10.4. The minimum absolute atomic E-state index is 0.0867. The van der Waals surface area contributed by atoms with Crippen LogP contribution in [-0.2, 0) is 9.59 Å². The normalized spacial score (nSPS) is 10.9. The summed E-state index contributed by atoms with van der Waals surface area (Å²) in [5.41, 5.74) is 0. The van der Waals surface area contributed by atoms with Crippen LogP contribution >= 0.6 is 0 Å². The van der Waals surface area contributed by atoms with Crippen LogP contribution in [0, 0.1) is 0 Å². The van der Waals surface area contributed by atoms with Gasteiger partial charge in [-0.2, -0.15) is 13.2 Å². The van der Waals surface area contributed by atoms with E-state index in [1.807, 2.05) is 13.0 Å². The molecule has 0 fully saturated rings. The molecule has 0 saturated heterocycles. The van der Waals surface area contributed by atoms with Gasteiger partial charge in [0.05, 0.1) is 19.8 Å². The minimum Gasteiger partial charge on any atom is -0.490 e. The Balaban J connectivity index is 2.20. The van der Waals surface area contributed by atoms with Gasteiger partial charge in [-0.15, -0.1) is 0 Å². The van der Waals surface area contributed by atoms with E-state index in [9.17, 15) is 22.8 Å². The molecule has 0 heterocycles. The topological polar surface area (TPSA) is 76.7 Å². The summed E-state index contributed by atoms with van der Waals surface area (Å²) in [7, 11) is 0. The van der Waals surface area contributed by atoms with E-state index in [1.54, 1.807) is 23.5 Å². The SMILES string of the molecule is CCOc1ccccc1OCCCC(=O)NCC(=O)NCC(F)(F)F. The van der Waals surface area contributed by atoms with Crippen LogP contribution in [0.15, 0.2) is 24.3 Å². The highest BCUT2D eigenvalue weighted by atomic mass is 19.4. The third kappa shape index (κ3) is 9.43. The zero-order valence-corrected chi connectivity index (χ0v) is 13.8. The summed E-state index contributed by atoms with van der Waals surface area (Å²) in [6.07, 6.45) is -4.01. The van der Waals surface area contributed by atoms with E-state index < -0.39 is 31.1 Å². The van der Waals surface area contributed by atoms with Crippen molar-refractivity contribution < 1.29 is 32.2 Å². The van der Waals surface area contributed by atoms with E-state index >= 15 is 0 Å². The molecule has 0 aromatic heterocycles. The fourth-order valence-corrected chi connectivity index (χ4v) is 1.79. The molecule has 9 heteroatoms. The van der Waals surface area contributed by atoms with Crippen molar-refractivity contribution in [2.24, 2.45) is 0 Å².